The molecule has 1 atom stereocenters. The fourth-order valence-corrected chi connectivity index (χ4v) is 2.33. The Hall–Kier alpha value is -0.870. The van der Waals surface area contributed by atoms with Gasteiger partial charge in [-0.05, 0) is 36.6 Å². The van der Waals surface area contributed by atoms with Gasteiger partial charge in [0, 0.05) is 16.6 Å². The second-order valence-corrected chi connectivity index (χ2v) is 5.67. The predicted molar refractivity (Wildman–Crippen MR) is 81.3 cm³/mol. The normalized spacial score (nSPS) is 12.5. The van der Waals surface area contributed by atoms with Crippen molar-refractivity contribution in [2.75, 3.05) is 6.54 Å². The standard InChI is InChI=1S/C15H22BrNO2/c1-4-11(5-2)14(18)9-17-15(19)12-6-7-13(16)10(3)8-12/h6-8,11,14,18H,4-5,9H2,1-3H3,(H,17,19). The van der Waals surface area contributed by atoms with Crippen LogP contribution in [0.25, 0.3) is 0 Å². The molecule has 19 heavy (non-hydrogen) atoms. The third-order valence-electron chi connectivity index (χ3n) is 3.48. The van der Waals surface area contributed by atoms with E-state index in [2.05, 4.69) is 35.1 Å². The van der Waals surface area contributed by atoms with Gasteiger partial charge in [-0.1, -0.05) is 42.6 Å². The van der Waals surface area contributed by atoms with Crippen molar-refractivity contribution in [1.82, 2.24) is 5.32 Å². The number of benzene rings is 1. The van der Waals surface area contributed by atoms with Crippen molar-refractivity contribution in [2.24, 2.45) is 5.92 Å². The first kappa shape index (κ1) is 16.2. The summed E-state index contributed by atoms with van der Waals surface area (Å²) >= 11 is 3.41. The number of aliphatic hydroxyl groups excluding tert-OH is 1. The molecule has 0 aliphatic carbocycles. The van der Waals surface area contributed by atoms with E-state index in [1.54, 1.807) is 6.07 Å². The zero-order valence-electron chi connectivity index (χ0n) is 11.7. The third-order valence-corrected chi connectivity index (χ3v) is 4.37. The molecule has 0 fully saturated rings. The van der Waals surface area contributed by atoms with Crippen molar-refractivity contribution in [3.63, 3.8) is 0 Å². The van der Waals surface area contributed by atoms with Crippen LogP contribution in [0.15, 0.2) is 22.7 Å². The summed E-state index contributed by atoms with van der Waals surface area (Å²) in [6.07, 6.45) is 1.37. The summed E-state index contributed by atoms with van der Waals surface area (Å²) in [6.45, 7) is 6.36. The quantitative estimate of drug-likeness (QED) is 0.842. The summed E-state index contributed by atoms with van der Waals surface area (Å²) in [5, 5.41) is 12.8. The molecule has 2 N–H and O–H groups in total. The van der Waals surface area contributed by atoms with Gasteiger partial charge in [0.1, 0.15) is 0 Å². The third kappa shape index (κ3) is 4.62. The van der Waals surface area contributed by atoms with Crippen molar-refractivity contribution in [3.8, 4) is 0 Å². The first-order chi connectivity index (χ1) is 8.99. The van der Waals surface area contributed by atoms with Crippen molar-refractivity contribution < 1.29 is 9.90 Å². The summed E-state index contributed by atoms with van der Waals surface area (Å²) in [4.78, 5) is 12.0. The molecule has 1 aromatic carbocycles. The Morgan fingerprint density at radius 2 is 2.00 bits per heavy atom. The fourth-order valence-electron chi connectivity index (χ4n) is 2.08. The maximum absolute atomic E-state index is 12.0. The lowest BCUT2D eigenvalue weighted by Crippen LogP contribution is -2.36. The highest BCUT2D eigenvalue weighted by Gasteiger charge is 2.16. The molecule has 1 rings (SSSR count). The fraction of sp³-hybridized carbons (Fsp3) is 0.533. The first-order valence-corrected chi connectivity index (χ1v) is 7.51. The number of hydrogen-bond donors (Lipinski definition) is 2. The zero-order valence-corrected chi connectivity index (χ0v) is 13.3. The van der Waals surface area contributed by atoms with Gasteiger partial charge in [-0.25, -0.2) is 0 Å². The number of hydrogen-bond acceptors (Lipinski definition) is 2. The topological polar surface area (TPSA) is 49.3 Å². The number of aliphatic hydroxyl groups is 1. The van der Waals surface area contributed by atoms with Crippen molar-refractivity contribution in [3.05, 3.63) is 33.8 Å². The van der Waals surface area contributed by atoms with E-state index >= 15 is 0 Å². The number of carbonyl (C=O) groups excluding carboxylic acids is 1. The Balaban J connectivity index is 2.58. The van der Waals surface area contributed by atoms with E-state index in [4.69, 9.17) is 0 Å². The Kier molecular flexibility index (Phi) is 6.52. The van der Waals surface area contributed by atoms with Crippen LogP contribution >= 0.6 is 15.9 Å². The van der Waals surface area contributed by atoms with Gasteiger partial charge in [-0.2, -0.15) is 0 Å². The predicted octanol–water partition coefficient (Wildman–Crippen LogP) is 3.28. The van der Waals surface area contributed by atoms with Crippen molar-refractivity contribution in [2.45, 2.75) is 39.7 Å². The summed E-state index contributed by atoms with van der Waals surface area (Å²) in [6, 6.07) is 5.47. The highest BCUT2D eigenvalue weighted by molar-refractivity contribution is 9.10. The minimum atomic E-state index is -0.476. The van der Waals surface area contributed by atoms with Crippen molar-refractivity contribution >= 4 is 21.8 Å². The smallest absolute Gasteiger partial charge is 0.251 e. The van der Waals surface area contributed by atoms with Crippen LogP contribution in [0.4, 0.5) is 0 Å². The minimum absolute atomic E-state index is 0.138. The van der Waals surface area contributed by atoms with E-state index in [1.807, 2.05) is 19.1 Å². The van der Waals surface area contributed by atoms with E-state index in [1.165, 1.54) is 0 Å². The molecule has 0 saturated heterocycles. The molecule has 0 bridgehead atoms. The maximum Gasteiger partial charge on any atom is 0.251 e. The van der Waals surface area contributed by atoms with Crippen LogP contribution in [0.3, 0.4) is 0 Å². The Bertz CT molecular complexity index is 430. The minimum Gasteiger partial charge on any atom is -0.391 e. The highest BCUT2D eigenvalue weighted by atomic mass is 79.9. The lowest BCUT2D eigenvalue weighted by molar-refractivity contribution is 0.0816. The largest absolute Gasteiger partial charge is 0.391 e. The van der Waals surface area contributed by atoms with Gasteiger partial charge in [0.15, 0.2) is 0 Å². The average Bonchev–Trinajstić information content (AvgIpc) is 2.40. The summed E-state index contributed by atoms with van der Waals surface area (Å²) in [7, 11) is 0. The Morgan fingerprint density at radius 1 is 1.37 bits per heavy atom. The number of nitrogens with one attached hydrogen (secondary N) is 1. The Labute approximate surface area is 123 Å². The summed E-state index contributed by atoms with van der Waals surface area (Å²) < 4.78 is 0.987. The van der Waals surface area contributed by atoms with Crippen LogP contribution in [0.2, 0.25) is 0 Å². The van der Waals surface area contributed by atoms with E-state index in [-0.39, 0.29) is 11.8 Å². The molecule has 1 amide bonds. The molecule has 0 aliphatic heterocycles. The monoisotopic (exact) mass is 327 g/mol. The molecular weight excluding hydrogens is 306 g/mol. The summed E-state index contributed by atoms with van der Waals surface area (Å²) in [5.74, 6) is 0.104. The van der Waals surface area contributed by atoms with Crippen LogP contribution in [0, 0.1) is 12.8 Å². The maximum atomic E-state index is 12.0. The number of halogens is 1. The number of rotatable bonds is 6. The van der Waals surface area contributed by atoms with Gasteiger partial charge in [-0.15, -0.1) is 0 Å². The van der Waals surface area contributed by atoms with Gasteiger partial charge in [0.05, 0.1) is 6.10 Å². The molecule has 4 heteroatoms. The summed E-state index contributed by atoms with van der Waals surface area (Å²) in [5.41, 5.74) is 1.64. The van der Waals surface area contributed by atoms with Gasteiger partial charge in [-0.3, -0.25) is 4.79 Å². The molecule has 0 spiro atoms. The van der Waals surface area contributed by atoms with E-state index < -0.39 is 6.10 Å². The molecule has 0 radical (unpaired) electrons. The second-order valence-electron chi connectivity index (χ2n) is 4.82. The van der Waals surface area contributed by atoms with Gasteiger partial charge in [0.2, 0.25) is 0 Å². The van der Waals surface area contributed by atoms with Crippen LogP contribution in [0.5, 0.6) is 0 Å². The molecule has 1 unspecified atom stereocenters. The van der Waals surface area contributed by atoms with E-state index in [0.29, 0.717) is 12.1 Å². The first-order valence-electron chi connectivity index (χ1n) is 6.72. The molecule has 3 nitrogen and oxygen atoms in total. The van der Waals surface area contributed by atoms with Gasteiger partial charge in [0.25, 0.3) is 5.91 Å². The molecule has 0 saturated carbocycles. The molecule has 106 valence electrons. The SMILES string of the molecule is CCC(CC)C(O)CNC(=O)c1ccc(Br)c(C)c1. The highest BCUT2D eigenvalue weighted by Crippen LogP contribution is 2.17. The van der Waals surface area contributed by atoms with Crippen LogP contribution in [-0.2, 0) is 0 Å². The molecule has 1 aromatic rings. The average molecular weight is 328 g/mol. The van der Waals surface area contributed by atoms with Crippen LogP contribution in [-0.4, -0.2) is 23.7 Å². The molecule has 0 aliphatic rings. The molecule has 0 aromatic heterocycles. The number of aryl methyl sites for hydroxylation is 1. The van der Waals surface area contributed by atoms with Crippen molar-refractivity contribution in [1.29, 1.82) is 0 Å². The van der Waals surface area contributed by atoms with Crippen LogP contribution < -0.4 is 5.32 Å². The lowest BCUT2D eigenvalue weighted by Gasteiger charge is -2.20. The van der Waals surface area contributed by atoms with E-state index in [0.717, 1.165) is 22.9 Å². The Morgan fingerprint density at radius 3 is 2.53 bits per heavy atom. The number of amides is 1. The second kappa shape index (κ2) is 7.65. The van der Waals surface area contributed by atoms with Gasteiger partial charge < -0.3 is 10.4 Å². The van der Waals surface area contributed by atoms with E-state index in [9.17, 15) is 9.90 Å². The molecule has 0 heterocycles. The van der Waals surface area contributed by atoms with Gasteiger partial charge >= 0.3 is 0 Å². The van der Waals surface area contributed by atoms with Crippen LogP contribution in [0.1, 0.15) is 42.6 Å². The molecular formula is C15H22BrNO2. The lowest BCUT2D eigenvalue weighted by atomic mass is 9.96. The zero-order chi connectivity index (χ0) is 14.4. The number of carbonyl (C=O) groups is 1.